The second kappa shape index (κ2) is 5.48. The van der Waals surface area contributed by atoms with Gasteiger partial charge in [-0.15, -0.1) is 0 Å². The maximum Gasteiger partial charge on any atom is 0.413 e. The number of aliphatic imine (C=N–C) groups is 1. The van der Waals surface area contributed by atoms with E-state index in [0.717, 1.165) is 5.56 Å². The second-order valence-corrected chi connectivity index (χ2v) is 3.94. The van der Waals surface area contributed by atoms with Gasteiger partial charge in [0.05, 0.1) is 13.7 Å². The van der Waals surface area contributed by atoms with Gasteiger partial charge in [-0.25, -0.2) is 9.18 Å². The highest BCUT2D eigenvalue weighted by Crippen LogP contribution is 2.17. The van der Waals surface area contributed by atoms with E-state index in [9.17, 15) is 9.18 Å². The monoisotopic (exact) mass is 251 g/mol. The Morgan fingerprint density at radius 1 is 1.50 bits per heavy atom. The number of alkyl carbamates (subject to hydrolysis) is 1. The molecule has 1 heterocycles. The van der Waals surface area contributed by atoms with Crippen LogP contribution in [0.15, 0.2) is 29.3 Å². The molecule has 0 saturated heterocycles. The van der Waals surface area contributed by atoms with E-state index in [1.807, 2.05) is 0 Å². The fourth-order valence-electron chi connectivity index (χ4n) is 1.73. The van der Waals surface area contributed by atoms with E-state index in [4.69, 9.17) is 0 Å². The molecule has 1 amide bonds. The van der Waals surface area contributed by atoms with E-state index in [2.05, 4.69) is 20.4 Å². The minimum Gasteiger partial charge on any atom is -0.453 e. The largest absolute Gasteiger partial charge is 0.453 e. The van der Waals surface area contributed by atoms with Crippen LogP contribution in [0.3, 0.4) is 0 Å². The van der Waals surface area contributed by atoms with Gasteiger partial charge in [0.15, 0.2) is 0 Å². The van der Waals surface area contributed by atoms with Crippen molar-refractivity contribution in [3.8, 4) is 0 Å². The van der Waals surface area contributed by atoms with Crippen LogP contribution in [-0.4, -0.2) is 32.3 Å². The SMILES string of the molecule is COC(=O)NC1=NCC(c2ccc(F)cc2)CN1. The number of methoxy groups -OCH3 is 1. The number of nitrogens with one attached hydrogen (secondary N) is 2. The molecule has 2 rings (SSSR count). The van der Waals surface area contributed by atoms with Crippen LogP contribution < -0.4 is 10.6 Å². The highest BCUT2D eigenvalue weighted by atomic mass is 19.1. The molecule has 1 aromatic rings. The van der Waals surface area contributed by atoms with E-state index >= 15 is 0 Å². The minimum absolute atomic E-state index is 0.175. The topological polar surface area (TPSA) is 62.7 Å². The Kier molecular flexibility index (Phi) is 3.76. The van der Waals surface area contributed by atoms with Gasteiger partial charge in [0.1, 0.15) is 5.82 Å². The number of ether oxygens (including phenoxy) is 1. The Morgan fingerprint density at radius 2 is 2.22 bits per heavy atom. The van der Waals surface area contributed by atoms with Crippen LogP contribution in [0.5, 0.6) is 0 Å². The van der Waals surface area contributed by atoms with Crippen LogP contribution in [0, 0.1) is 5.82 Å². The van der Waals surface area contributed by atoms with E-state index in [1.54, 1.807) is 12.1 Å². The number of carbonyl (C=O) groups is 1. The molecule has 0 spiro atoms. The zero-order valence-electron chi connectivity index (χ0n) is 9.94. The first kappa shape index (κ1) is 12.3. The molecule has 0 radical (unpaired) electrons. The molecule has 0 saturated carbocycles. The summed E-state index contributed by atoms with van der Waals surface area (Å²) in [5.41, 5.74) is 1.02. The molecule has 2 N–H and O–H groups in total. The number of halogens is 1. The zero-order chi connectivity index (χ0) is 13.0. The van der Waals surface area contributed by atoms with Crippen molar-refractivity contribution in [2.24, 2.45) is 4.99 Å². The van der Waals surface area contributed by atoms with Crippen LogP contribution >= 0.6 is 0 Å². The molecule has 96 valence electrons. The molecular formula is C12H14FN3O2. The quantitative estimate of drug-likeness (QED) is 0.789. The molecule has 1 aromatic carbocycles. The summed E-state index contributed by atoms with van der Waals surface area (Å²) in [6.45, 7) is 1.17. The molecule has 0 aromatic heterocycles. The Morgan fingerprint density at radius 3 is 2.78 bits per heavy atom. The average Bonchev–Trinajstić information content (AvgIpc) is 2.40. The molecule has 6 heteroatoms. The summed E-state index contributed by atoms with van der Waals surface area (Å²) in [6.07, 6.45) is -0.554. The normalized spacial score (nSPS) is 18.6. The first-order valence-corrected chi connectivity index (χ1v) is 5.58. The number of hydrogen-bond acceptors (Lipinski definition) is 4. The van der Waals surface area contributed by atoms with E-state index in [0.29, 0.717) is 19.0 Å². The standard InChI is InChI=1S/C12H14FN3O2/c1-18-12(17)16-11-14-6-9(7-15-11)8-2-4-10(13)5-3-8/h2-5,9H,6-7H2,1H3,(H2,14,15,16,17). The van der Waals surface area contributed by atoms with Crippen molar-refractivity contribution >= 4 is 12.1 Å². The molecular weight excluding hydrogens is 237 g/mol. The van der Waals surface area contributed by atoms with Gasteiger partial charge in [-0.3, -0.25) is 10.3 Å². The van der Waals surface area contributed by atoms with Crippen LogP contribution in [0.4, 0.5) is 9.18 Å². The molecule has 1 atom stereocenters. The third-order valence-electron chi connectivity index (χ3n) is 2.73. The van der Waals surface area contributed by atoms with Crippen LogP contribution in [0.1, 0.15) is 11.5 Å². The van der Waals surface area contributed by atoms with Crippen LogP contribution in [0.25, 0.3) is 0 Å². The van der Waals surface area contributed by atoms with Gasteiger partial charge in [0.25, 0.3) is 0 Å². The summed E-state index contributed by atoms with van der Waals surface area (Å²) < 4.78 is 17.3. The Balaban J connectivity index is 1.97. The van der Waals surface area contributed by atoms with Gasteiger partial charge in [-0.1, -0.05) is 12.1 Å². The Labute approximate surface area is 104 Å². The van der Waals surface area contributed by atoms with Crippen molar-refractivity contribution in [3.05, 3.63) is 35.6 Å². The number of carbonyl (C=O) groups excluding carboxylic acids is 1. The van der Waals surface area contributed by atoms with Gasteiger partial charge < -0.3 is 10.1 Å². The van der Waals surface area contributed by atoms with Gasteiger partial charge in [-0.05, 0) is 17.7 Å². The molecule has 0 bridgehead atoms. The van der Waals surface area contributed by atoms with E-state index < -0.39 is 6.09 Å². The Bertz CT molecular complexity index is 459. The molecule has 18 heavy (non-hydrogen) atoms. The van der Waals surface area contributed by atoms with Crippen molar-refractivity contribution < 1.29 is 13.9 Å². The minimum atomic E-state index is -0.554. The Hall–Kier alpha value is -2.11. The van der Waals surface area contributed by atoms with E-state index in [1.165, 1.54) is 19.2 Å². The van der Waals surface area contributed by atoms with Crippen molar-refractivity contribution in [1.82, 2.24) is 10.6 Å². The highest BCUT2D eigenvalue weighted by molar-refractivity contribution is 5.94. The van der Waals surface area contributed by atoms with Crippen molar-refractivity contribution in [2.75, 3.05) is 20.2 Å². The lowest BCUT2D eigenvalue weighted by Crippen LogP contribution is -2.45. The molecule has 0 fully saturated rings. The fraction of sp³-hybridized carbons (Fsp3) is 0.333. The van der Waals surface area contributed by atoms with Crippen molar-refractivity contribution in [1.29, 1.82) is 0 Å². The smallest absolute Gasteiger partial charge is 0.413 e. The van der Waals surface area contributed by atoms with Gasteiger partial charge in [0, 0.05) is 12.5 Å². The van der Waals surface area contributed by atoms with Gasteiger partial charge >= 0.3 is 6.09 Å². The molecule has 1 aliphatic rings. The van der Waals surface area contributed by atoms with Crippen LogP contribution in [-0.2, 0) is 4.74 Å². The maximum atomic E-state index is 12.8. The first-order valence-electron chi connectivity index (χ1n) is 5.58. The summed E-state index contributed by atoms with van der Waals surface area (Å²) in [7, 11) is 1.29. The molecule has 1 aliphatic heterocycles. The van der Waals surface area contributed by atoms with Gasteiger partial charge in [0.2, 0.25) is 5.96 Å². The number of rotatable bonds is 1. The number of hydrogen-bond donors (Lipinski definition) is 2. The maximum absolute atomic E-state index is 12.8. The number of amides is 1. The molecule has 5 nitrogen and oxygen atoms in total. The van der Waals surface area contributed by atoms with Crippen molar-refractivity contribution in [2.45, 2.75) is 5.92 Å². The van der Waals surface area contributed by atoms with E-state index in [-0.39, 0.29) is 11.7 Å². The van der Waals surface area contributed by atoms with Crippen molar-refractivity contribution in [3.63, 3.8) is 0 Å². The average molecular weight is 251 g/mol. The summed E-state index contributed by atoms with van der Waals surface area (Å²) in [6, 6.07) is 6.36. The predicted molar refractivity (Wildman–Crippen MR) is 65.0 cm³/mol. The zero-order valence-corrected chi connectivity index (χ0v) is 9.94. The summed E-state index contributed by atoms with van der Waals surface area (Å²) in [4.78, 5) is 15.2. The summed E-state index contributed by atoms with van der Waals surface area (Å²) in [5, 5.41) is 5.46. The first-order chi connectivity index (χ1) is 8.69. The highest BCUT2D eigenvalue weighted by Gasteiger charge is 2.18. The van der Waals surface area contributed by atoms with Gasteiger partial charge in [-0.2, -0.15) is 0 Å². The predicted octanol–water partition coefficient (Wildman–Crippen LogP) is 1.22. The lowest BCUT2D eigenvalue weighted by molar-refractivity contribution is 0.176. The van der Waals surface area contributed by atoms with Crippen LogP contribution in [0.2, 0.25) is 0 Å². The number of guanidine groups is 1. The molecule has 1 unspecified atom stereocenters. The number of nitrogens with zero attached hydrogens (tertiary/aromatic N) is 1. The number of benzene rings is 1. The third kappa shape index (κ3) is 2.97. The second-order valence-electron chi connectivity index (χ2n) is 3.94. The molecule has 0 aliphatic carbocycles. The third-order valence-corrected chi connectivity index (χ3v) is 2.73. The summed E-state index contributed by atoms with van der Waals surface area (Å²) in [5.74, 6) is 0.327. The fourth-order valence-corrected chi connectivity index (χ4v) is 1.73. The lowest BCUT2D eigenvalue weighted by Gasteiger charge is -2.23. The lowest BCUT2D eigenvalue weighted by atomic mass is 9.98. The summed E-state index contributed by atoms with van der Waals surface area (Å²) >= 11 is 0.